The molecule has 0 saturated carbocycles. The number of nitrogens with zero attached hydrogens (tertiary/aromatic N) is 1. The van der Waals surface area contributed by atoms with Crippen molar-refractivity contribution < 1.29 is 23.9 Å². The van der Waals surface area contributed by atoms with Gasteiger partial charge in [-0.3, -0.25) is 9.59 Å². The Hall–Kier alpha value is -2.15. The molecule has 7 heteroatoms. The number of allylic oxidation sites excluding steroid dienone is 4. The molecule has 316 valence electrons. The van der Waals surface area contributed by atoms with Crippen LogP contribution in [0.15, 0.2) is 24.3 Å². The molecule has 0 aliphatic heterocycles. The summed E-state index contributed by atoms with van der Waals surface area (Å²) in [4.78, 5) is 40.1. The van der Waals surface area contributed by atoms with Crippen molar-refractivity contribution in [3.05, 3.63) is 24.3 Å². The molecule has 0 fully saturated rings. The molecule has 0 unspecified atom stereocenters. The molecule has 0 spiro atoms. The van der Waals surface area contributed by atoms with Gasteiger partial charge >= 0.3 is 11.9 Å². The molecule has 1 N–H and O–H groups in total. The van der Waals surface area contributed by atoms with Gasteiger partial charge in [0.1, 0.15) is 6.04 Å². The van der Waals surface area contributed by atoms with E-state index in [1.807, 2.05) is 19.0 Å². The fourth-order valence-electron chi connectivity index (χ4n) is 6.56. The minimum absolute atomic E-state index is 0.0817. The first-order valence-corrected chi connectivity index (χ1v) is 23.0. The zero-order chi connectivity index (χ0) is 39.6. The van der Waals surface area contributed by atoms with Crippen molar-refractivity contribution in [1.29, 1.82) is 0 Å². The van der Waals surface area contributed by atoms with E-state index in [1.165, 1.54) is 141 Å². The summed E-state index contributed by atoms with van der Waals surface area (Å²) in [6.45, 7) is 6.07. The van der Waals surface area contributed by atoms with Gasteiger partial charge in [0.2, 0.25) is 5.91 Å². The second-order valence-corrected chi connectivity index (χ2v) is 15.8. The number of nitrogens with one attached hydrogen (secondary N) is 1. The van der Waals surface area contributed by atoms with Crippen LogP contribution in [-0.4, -0.2) is 62.6 Å². The first kappa shape index (κ1) is 51.9. The van der Waals surface area contributed by atoms with E-state index >= 15 is 0 Å². The molecule has 0 radical (unpaired) electrons. The van der Waals surface area contributed by atoms with Gasteiger partial charge in [0.05, 0.1) is 13.2 Å². The van der Waals surface area contributed by atoms with Gasteiger partial charge < -0.3 is 19.7 Å². The van der Waals surface area contributed by atoms with Gasteiger partial charge in [-0.25, -0.2) is 4.79 Å². The number of hydrogen-bond acceptors (Lipinski definition) is 6. The van der Waals surface area contributed by atoms with Gasteiger partial charge in [0.15, 0.2) is 0 Å². The lowest BCUT2D eigenvalue weighted by atomic mass is 10.1. The number of rotatable bonds is 41. The normalized spacial score (nSPS) is 12.2. The smallest absolute Gasteiger partial charge is 0.328 e. The van der Waals surface area contributed by atoms with E-state index in [4.69, 9.17) is 9.47 Å². The van der Waals surface area contributed by atoms with Gasteiger partial charge in [0, 0.05) is 12.8 Å². The van der Waals surface area contributed by atoms with Crippen molar-refractivity contribution >= 4 is 17.8 Å². The molecule has 54 heavy (non-hydrogen) atoms. The summed E-state index contributed by atoms with van der Waals surface area (Å²) in [5.41, 5.74) is 0. The fraction of sp³-hybridized carbons (Fsp3) is 0.851. The Bertz CT molecular complexity index is 903. The highest BCUT2D eigenvalue weighted by Gasteiger charge is 2.23. The Morgan fingerprint density at radius 3 is 1.31 bits per heavy atom. The average molecular weight is 761 g/mol. The van der Waals surface area contributed by atoms with Crippen molar-refractivity contribution in [1.82, 2.24) is 10.2 Å². The highest BCUT2D eigenvalue weighted by molar-refractivity contribution is 5.85. The van der Waals surface area contributed by atoms with Gasteiger partial charge in [-0.2, -0.15) is 0 Å². The summed E-state index contributed by atoms with van der Waals surface area (Å²) in [7, 11) is 3.94. The topological polar surface area (TPSA) is 84.9 Å². The summed E-state index contributed by atoms with van der Waals surface area (Å²) < 4.78 is 11.0. The molecular formula is C47H88N2O5. The SMILES string of the molecule is CCCCCCCC/C=C\CCCCCCCCOC(=O)CC[C@H](NC(=O)CCCN(C)C)C(=O)OCCCCCCCC/C=C\CCCCCCCC. The molecule has 0 aliphatic rings. The monoisotopic (exact) mass is 761 g/mol. The largest absolute Gasteiger partial charge is 0.466 e. The molecule has 0 rings (SSSR count). The van der Waals surface area contributed by atoms with Gasteiger partial charge in [-0.1, -0.05) is 154 Å². The van der Waals surface area contributed by atoms with E-state index < -0.39 is 12.0 Å². The van der Waals surface area contributed by atoms with Gasteiger partial charge in [0.25, 0.3) is 0 Å². The van der Waals surface area contributed by atoms with Crippen LogP contribution in [0.25, 0.3) is 0 Å². The summed E-state index contributed by atoms with van der Waals surface area (Å²) >= 11 is 0. The van der Waals surface area contributed by atoms with Crippen LogP contribution in [0.5, 0.6) is 0 Å². The third-order valence-electron chi connectivity index (χ3n) is 10.1. The average Bonchev–Trinajstić information content (AvgIpc) is 3.15. The lowest BCUT2D eigenvalue weighted by molar-refractivity contribution is -0.149. The summed E-state index contributed by atoms with van der Waals surface area (Å²) in [5.74, 6) is -0.964. The standard InChI is InChI=1S/C47H88N2O5/c1-5-7-9-11-13-15-17-19-21-23-25-27-29-31-33-35-42-53-46(51)40-39-44(48-45(50)38-37-41-49(3)4)47(52)54-43-36-34-32-30-28-26-24-22-20-18-16-14-12-10-8-6-2/h19-22,44H,5-18,23-43H2,1-4H3,(H,48,50)/b21-19-,22-20-/t44-/m0/s1. The van der Waals surface area contributed by atoms with Crippen LogP contribution in [0.3, 0.4) is 0 Å². The number of hydrogen-bond donors (Lipinski definition) is 1. The molecule has 7 nitrogen and oxygen atoms in total. The first-order valence-electron chi connectivity index (χ1n) is 23.0. The molecule has 0 bridgehead atoms. The zero-order valence-electron chi connectivity index (χ0n) is 36.1. The predicted octanol–water partition coefficient (Wildman–Crippen LogP) is 12.8. The maximum absolute atomic E-state index is 13.0. The fourth-order valence-corrected chi connectivity index (χ4v) is 6.56. The Labute approximate surface area is 334 Å². The van der Waals surface area contributed by atoms with Crippen molar-refractivity contribution in [3.63, 3.8) is 0 Å². The predicted molar refractivity (Wildman–Crippen MR) is 230 cm³/mol. The van der Waals surface area contributed by atoms with E-state index in [2.05, 4.69) is 43.5 Å². The quantitative estimate of drug-likeness (QED) is 0.0379. The number of unbranched alkanes of at least 4 members (excludes halogenated alkanes) is 24. The second kappa shape index (κ2) is 42.0. The van der Waals surface area contributed by atoms with Gasteiger partial charge in [-0.05, 0) is 97.7 Å². The molecule has 1 atom stereocenters. The van der Waals surface area contributed by atoms with Crippen molar-refractivity contribution in [2.24, 2.45) is 0 Å². The Balaban J connectivity index is 4.12. The Morgan fingerprint density at radius 2 is 0.889 bits per heavy atom. The maximum Gasteiger partial charge on any atom is 0.328 e. The number of carbonyl (C=O) groups is 3. The van der Waals surface area contributed by atoms with E-state index in [1.54, 1.807) is 0 Å². The minimum Gasteiger partial charge on any atom is -0.466 e. The van der Waals surface area contributed by atoms with Crippen molar-refractivity contribution in [2.75, 3.05) is 33.9 Å². The molecular weight excluding hydrogens is 673 g/mol. The molecule has 0 heterocycles. The van der Waals surface area contributed by atoms with E-state index in [9.17, 15) is 14.4 Å². The number of carbonyl (C=O) groups excluding carboxylic acids is 3. The molecule has 1 amide bonds. The van der Waals surface area contributed by atoms with E-state index in [0.29, 0.717) is 26.1 Å². The highest BCUT2D eigenvalue weighted by atomic mass is 16.5. The first-order chi connectivity index (χ1) is 26.4. The molecule has 0 aromatic rings. The maximum atomic E-state index is 13.0. The second-order valence-electron chi connectivity index (χ2n) is 15.8. The van der Waals surface area contributed by atoms with Crippen LogP contribution in [0.4, 0.5) is 0 Å². The van der Waals surface area contributed by atoms with Crippen LogP contribution < -0.4 is 5.32 Å². The van der Waals surface area contributed by atoms with Crippen LogP contribution >= 0.6 is 0 Å². The Morgan fingerprint density at radius 1 is 0.500 bits per heavy atom. The number of amides is 1. The van der Waals surface area contributed by atoms with Crippen LogP contribution in [-0.2, 0) is 23.9 Å². The lowest BCUT2D eigenvalue weighted by Crippen LogP contribution is -2.42. The van der Waals surface area contributed by atoms with E-state index in [0.717, 1.165) is 45.1 Å². The molecule has 0 aromatic heterocycles. The Kier molecular flexibility index (Phi) is 40.3. The molecule has 0 aliphatic carbocycles. The number of esters is 2. The van der Waals surface area contributed by atoms with Gasteiger partial charge in [-0.15, -0.1) is 0 Å². The van der Waals surface area contributed by atoms with Crippen LogP contribution in [0.2, 0.25) is 0 Å². The minimum atomic E-state index is -0.830. The summed E-state index contributed by atoms with van der Waals surface area (Å²) in [6, 6.07) is -0.830. The molecule has 0 saturated heterocycles. The van der Waals surface area contributed by atoms with Crippen LogP contribution in [0.1, 0.15) is 219 Å². The highest BCUT2D eigenvalue weighted by Crippen LogP contribution is 2.13. The van der Waals surface area contributed by atoms with E-state index in [-0.39, 0.29) is 24.7 Å². The van der Waals surface area contributed by atoms with Crippen LogP contribution in [0, 0.1) is 0 Å². The summed E-state index contributed by atoms with van der Waals surface area (Å²) in [5, 5.41) is 2.83. The third-order valence-corrected chi connectivity index (χ3v) is 10.1. The zero-order valence-corrected chi connectivity index (χ0v) is 36.1. The third kappa shape index (κ3) is 39.5. The van der Waals surface area contributed by atoms with Crippen molar-refractivity contribution in [3.8, 4) is 0 Å². The molecule has 0 aromatic carbocycles. The van der Waals surface area contributed by atoms with Crippen molar-refractivity contribution in [2.45, 2.75) is 225 Å². The lowest BCUT2D eigenvalue weighted by Gasteiger charge is -2.18. The summed E-state index contributed by atoms with van der Waals surface area (Å²) in [6.07, 6.45) is 45.2. The number of ether oxygens (including phenoxy) is 2.